The first kappa shape index (κ1) is 29.9. The summed E-state index contributed by atoms with van der Waals surface area (Å²) >= 11 is 0. The Bertz CT molecular complexity index is 309. The van der Waals surface area contributed by atoms with Crippen LogP contribution in [0.25, 0.3) is 0 Å². The Morgan fingerprint density at radius 2 is 0.733 bits per heavy atom. The standard InChI is InChI=1S/C24H51P.C5H6/c1-4-7-10-13-16-19-22-25(23-20-17-14-11-8-5-2)24-21-18-15-12-9-6-3;1-2-4-5-3-1/h4-24H2,1-3H3;1-4H,5H2. The molecule has 0 amide bonds. The van der Waals surface area contributed by atoms with E-state index in [4.69, 9.17) is 0 Å². The molecule has 0 spiro atoms. The second-order valence-corrected chi connectivity index (χ2v) is 11.9. The summed E-state index contributed by atoms with van der Waals surface area (Å²) in [5, 5.41) is 0. The molecule has 1 aliphatic rings. The van der Waals surface area contributed by atoms with Crippen molar-refractivity contribution in [1.82, 2.24) is 0 Å². The highest BCUT2D eigenvalue weighted by atomic mass is 31.1. The minimum absolute atomic E-state index is 0.366. The molecule has 0 radical (unpaired) electrons. The van der Waals surface area contributed by atoms with Gasteiger partial charge in [0.15, 0.2) is 0 Å². The third-order valence-corrected chi connectivity index (χ3v) is 8.99. The summed E-state index contributed by atoms with van der Waals surface area (Å²) in [4.78, 5) is 0. The third kappa shape index (κ3) is 24.2. The lowest BCUT2D eigenvalue weighted by Crippen LogP contribution is -1.97. The lowest BCUT2D eigenvalue weighted by molar-refractivity contribution is 0.617. The van der Waals surface area contributed by atoms with E-state index in [0.717, 1.165) is 6.42 Å². The molecule has 0 fully saturated rings. The first-order chi connectivity index (χ1) is 14.8. The molecule has 0 N–H and O–H groups in total. The highest BCUT2D eigenvalue weighted by molar-refractivity contribution is 7.57. The second-order valence-electron chi connectivity index (χ2n) is 9.24. The minimum atomic E-state index is 0.366. The summed E-state index contributed by atoms with van der Waals surface area (Å²) in [5.74, 6) is 0. The molecule has 0 saturated heterocycles. The van der Waals surface area contributed by atoms with Gasteiger partial charge in [0, 0.05) is 0 Å². The van der Waals surface area contributed by atoms with Gasteiger partial charge in [0.2, 0.25) is 0 Å². The molecule has 0 heterocycles. The van der Waals surface area contributed by atoms with Crippen LogP contribution in [0.15, 0.2) is 24.3 Å². The number of hydrogen-bond acceptors (Lipinski definition) is 0. The van der Waals surface area contributed by atoms with Gasteiger partial charge in [-0.1, -0.05) is 141 Å². The topological polar surface area (TPSA) is 0 Å². The fourth-order valence-electron chi connectivity index (χ4n) is 4.08. The molecule has 0 bridgehead atoms. The predicted octanol–water partition coefficient (Wildman–Crippen LogP) is 11.1. The van der Waals surface area contributed by atoms with Crippen LogP contribution in [0.5, 0.6) is 0 Å². The monoisotopic (exact) mass is 436 g/mol. The van der Waals surface area contributed by atoms with E-state index in [-0.39, 0.29) is 0 Å². The molecule has 0 nitrogen and oxygen atoms in total. The second kappa shape index (κ2) is 26.9. The van der Waals surface area contributed by atoms with Gasteiger partial charge < -0.3 is 0 Å². The number of allylic oxidation sites excluding steroid dienone is 4. The molecule has 1 aliphatic carbocycles. The summed E-state index contributed by atoms with van der Waals surface area (Å²) in [6, 6.07) is 0. The summed E-state index contributed by atoms with van der Waals surface area (Å²) in [6.45, 7) is 6.96. The Morgan fingerprint density at radius 3 is 1.00 bits per heavy atom. The fraction of sp³-hybridized carbons (Fsp3) is 0.862. The van der Waals surface area contributed by atoms with Crippen molar-refractivity contribution in [3.8, 4) is 0 Å². The van der Waals surface area contributed by atoms with Crippen molar-refractivity contribution in [3.05, 3.63) is 24.3 Å². The molecule has 178 valence electrons. The zero-order chi connectivity index (χ0) is 22.0. The average molecular weight is 437 g/mol. The van der Waals surface area contributed by atoms with Gasteiger partial charge in [-0.25, -0.2) is 0 Å². The van der Waals surface area contributed by atoms with E-state index in [2.05, 4.69) is 45.1 Å². The van der Waals surface area contributed by atoms with E-state index in [1.54, 1.807) is 18.5 Å². The maximum atomic E-state index is 2.32. The lowest BCUT2D eigenvalue weighted by Gasteiger charge is -2.18. The maximum Gasteiger partial charge on any atom is -0.0163 e. The van der Waals surface area contributed by atoms with E-state index in [9.17, 15) is 0 Å². The molecular weight excluding hydrogens is 379 g/mol. The van der Waals surface area contributed by atoms with E-state index in [0.29, 0.717) is 7.92 Å². The summed E-state index contributed by atoms with van der Waals surface area (Å²) < 4.78 is 0. The molecule has 1 heteroatoms. The zero-order valence-electron chi connectivity index (χ0n) is 21.3. The predicted molar refractivity (Wildman–Crippen MR) is 145 cm³/mol. The van der Waals surface area contributed by atoms with E-state index in [1.165, 1.54) is 116 Å². The molecule has 30 heavy (non-hydrogen) atoms. The van der Waals surface area contributed by atoms with Crippen LogP contribution in [0.4, 0.5) is 0 Å². The van der Waals surface area contributed by atoms with Crippen LogP contribution in [0.1, 0.15) is 143 Å². The molecule has 0 aromatic carbocycles. The minimum Gasteiger partial charge on any atom is -0.107 e. The van der Waals surface area contributed by atoms with E-state index in [1.807, 2.05) is 0 Å². The number of unbranched alkanes of at least 4 members (excludes halogenated alkanes) is 15. The normalized spacial score (nSPS) is 12.5. The molecule has 0 aromatic rings. The van der Waals surface area contributed by atoms with Gasteiger partial charge in [-0.05, 0) is 44.2 Å². The molecule has 0 aromatic heterocycles. The SMILES string of the molecule is C1=CCC=C1.CCCCCCCCP(CCCCCCCC)CCCCCCCC. The summed E-state index contributed by atoms with van der Waals surface area (Å²) in [5.41, 5.74) is 0. The van der Waals surface area contributed by atoms with E-state index >= 15 is 0 Å². The first-order valence-corrected chi connectivity index (χ1v) is 15.8. The zero-order valence-corrected chi connectivity index (χ0v) is 22.2. The summed E-state index contributed by atoms with van der Waals surface area (Å²) in [7, 11) is 0.366. The van der Waals surface area contributed by atoms with Gasteiger partial charge >= 0.3 is 0 Å². The number of hydrogen-bond donors (Lipinski definition) is 0. The third-order valence-electron chi connectivity index (χ3n) is 6.14. The van der Waals surface area contributed by atoms with Gasteiger partial charge in [-0.3, -0.25) is 0 Å². The van der Waals surface area contributed by atoms with Gasteiger partial charge in [-0.15, -0.1) is 7.92 Å². The van der Waals surface area contributed by atoms with Crippen LogP contribution in [0.2, 0.25) is 0 Å². The Hall–Kier alpha value is -0.0900. The van der Waals surface area contributed by atoms with Gasteiger partial charge in [0.05, 0.1) is 0 Å². The largest absolute Gasteiger partial charge is 0.107 e. The molecule has 0 saturated carbocycles. The Labute approximate surface area is 193 Å². The number of rotatable bonds is 21. The highest BCUT2D eigenvalue weighted by Crippen LogP contribution is 2.39. The molecular formula is C29H57P. The Balaban J connectivity index is 0.00000145. The Kier molecular flexibility index (Phi) is 26.9. The van der Waals surface area contributed by atoms with Crippen molar-refractivity contribution in [2.24, 2.45) is 0 Å². The summed E-state index contributed by atoms with van der Waals surface area (Å²) in [6.07, 6.45) is 40.7. The van der Waals surface area contributed by atoms with Crippen LogP contribution < -0.4 is 0 Å². The van der Waals surface area contributed by atoms with Crippen molar-refractivity contribution >= 4 is 7.92 Å². The van der Waals surface area contributed by atoms with Crippen LogP contribution in [0.3, 0.4) is 0 Å². The maximum absolute atomic E-state index is 2.32. The van der Waals surface area contributed by atoms with Gasteiger partial charge in [0.25, 0.3) is 0 Å². The van der Waals surface area contributed by atoms with Crippen molar-refractivity contribution in [2.75, 3.05) is 18.5 Å². The van der Waals surface area contributed by atoms with Crippen LogP contribution in [-0.4, -0.2) is 18.5 Å². The first-order valence-electron chi connectivity index (χ1n) is 13.9. The molecule has 0 atom stereocenters. The molecule has 1 rings (SSSR count). The quantitative estimate of drug-likeness (QED) is 0.124. The van der Waals surface area contributed by atoms with Crippen molar-refractivity contribution in [1.29, 1.82) is 0 Å². The fourth-order valence-corrected chi connectivity index (χ4v) is 6.76. The van der Waals surface area contributed by atoms with Crippen LogP contribution in [-0.2, 0) is 0 Å². The smallest absolute Gasteiger partial charge is 0.0163 e. The van der Waals surface area contributed by atoms with Crippen molar-refractivity contribution in [3.63, 3.8) is 0 Å². The lowest BCUT2D eigenvalue weighted by atomic mass is 10.1. The van der Waals surface area contributed by atoms with Crippen LogP contribution in [0, 0.1) is 0 Å². The average Bonchev–Trinajstić information content (AvgIpc) is 3.35. The molecule has 0 unspecified atom stereocenters. The van der Waals surface area contributed by atoms with Crippen molar-refractivity contribution < 1.29 is 0 Å². The Morgan fingerprint density at radius 1 is 0.433 bits per heavy atom. The van der Waals surface area contributed by atoms with Crippen molar-refractivity contribution in [2.45, 2.75) is 143 Å². The van der Waals surface area contributed by atoms with Gasteiger partial charge in [-0.2, -0.15) is 0 Å². The van der Waals surface area contributed by atoms with Crippen LogP contribution >= 0.6 is 7.92 Å². The van der Waals surface area contributed by atoms with E-state index < -0.39 is 0 Å². The van der Waals surface area contributed by atoms with Gasteiger partial charge in [0.1, 0.15) is 0 Å². The molecule has 0 aliphatic heterocycles. The highest BCUT2D eigenvalue weighted by Gasteiger charge is 2.07.